The Hall–Kier alpha value is -0.260. The lowest BCUT2D eigenvalue weighted by Gasteiger charge is -2.07. The molecule has 0 atom stereocenters. The number of alkyl halides is 1. The quantitative estimate of drug-likeness (QED) is 0.868. The van der Waals surface area contributed by atoms with Crippen LogP contribution in [0.25, 0.3) is 0 Å². The first-order valence-corrected chi connectivity index (χ1v) is 6.84. The second kappa shape index (κ2) is 5.00. The van der Waals surface area contributed by atoms with E-state index in [1.807, 2.05) is 6.07 Å². The number of halogens is 2. The van der Waals surface area contributed by atoms with Gasteiger partial charge in [-0.25, -0.2) is 8.42 Å². The lowest BCUT2D eigenvalue weighted by Crippen LogP contribution is -2.17. The van der Waals surface area contributed by atoms with Gasteiger partial charge in [0.15, 0.2) is 0 Å². The van der Waals surface area contributed by atoms with Crippen LogP contribution < -0.4 is 4.72 Å². The minimum Gasteiger partial charge on any atom is -0.282 e. The van der Waals surface area contributed by atoms with E-state index in [1.165, 1.54) is 0 Å². The molecule has 1 aromatic carbocycles. The Kier molecular flexibility index (Phi) is 4.22. The van der Waals surface area contributed by atoms with E-state index in [4.69, 9.17) is 11.6 Å². The molecular weight excluding hydrogens is 290 g/mol. The standard InChI is InChI=1S/C8H9BrClNO2S/c9-7-3-1-2-4-8(7)11-14(12,13)6-5-10/h1-4,11H,5-6H2. The summed E-state index contributed by atoms with van der Waals surface area (Å²) >= 11 is 8.60. The second-order valence-electron chi connectivity index (χ2n) is 2.59. The molecule has 0 fully saturated rings. The molecule has 78 valence electrons. The van der Waals surface area contributed by atoms with E-state index < -0.39 is 10.0 Å². The fourth-order valence-electron chi connectivity index (χ4n) is 0.864. The molecule has 0 aromatic heterocycles. The van der Waals surface area contributed by atoms with E-state index >= 15 is 0 Å². The van der Waals surface area contributed by atoms with Crippen molar-refractivity contribution in [3.05, 3.63) is 28.7 Å². The first kappa shape index (κ1) is 11.8. The molecule has 0 saturated carbocycles. The van der Waals surface area contributed by atoms with Crippen molar-refractivity contribution in [2.24, 2.45) is 0 Å². The normalized spacial score (nSPS) is 11.3. The summed E-state index contributed by atoms with van der Waals surface area (Å²) in [6.07, 6.45) is 0. The summed E-state index contributed by atoms with van der Waals surface area (Å²) in [6.45, 7) is 0. The van der Waals surface area contributed by atoms with Gasteiger partial charge in [-0.2, -0.15) is 0 Å². The van der Waals surface area contributed by atoms with Crippen LogP contribution in [0.4, 0.5) is 5.69 Å². The van der Waals surface area contributed by atoms with Crippen molar-refractivity contribution in [2.45, 2.75) is 0 Å². The van der Waals surface area contributed by atoms with Crippen LogP contribution in [0.15, 0.2) is 28.7 Å². The Morgan fingerprint density at radius 2 is 2.00 bits per heavy atom. The zero-order valence-corrected chi connectivity index (χ0v) is 10.4. The average Bonchev–Trinajstić information content (AvgIpc) is 2.08. The number of para-hydroxylation sites is 1. The van der Waals surface area contributed by atoms with Crippen LogP contribution in [0.5, 0.6) is 0 Å². The maximum atomic E-state index is 11.3. The minimum absolute atomic E-state index is 0.0831. The number of rotatable bonds is 4. The van der Waals surface area contributed by atoms with Crippen molar-refractivity contribution in [2.75, 3.05) is 16.4 Å². The molecule has 0 saturated heterocycles. The molecule has 0 aliphatic carbocycles. The lowest BCUT2D eigenvalue weighted by atomic mass is 10.3. The van der Waals surface area contributed by atoms with Gasteiger partial charge in [0.25, 0.3) is 0 Å². The van der Waals surface area contributed by atoms with Gasteiger partial charge < -0.3 is 0 Å². The third-order valence-electron chi connectivity index (χ3n) is 1.49. The van der Waals surface area contributed by atoms with E-state index in [9.17, 15) is 8.42 Å². The van der Waals surface area contributed by atoms with Crippen molar-refractivity contribution in [3.8, 4) is 0 Å². The van der Waals surface area contributed by atoms with Crippen LogP contribution in [-0.4, -0.2) is 20.1 Å². The highest BCUT2D eigenvalue weighted by Crippen LogP contribution is 2.22. The van der Waals surface area contributed by atoms with Crippen molar-refractivity contribution in [1.82, 2.24) is 0 Å². The molecule has 6 heteroatoms. The third-order valence-corrected chi connectivity index (χ3v) is 3.86. The van der Waals surface area contributed by atoms with Gasteiger partial charge in [0.1, 0.15) is 0 Å². The van der Waals surface area contributed by atoms with Crippen LogP contribution in [0.2, 0.25) is 0 Å². The molecule has 0 aliphatic heterocycles. The average molecular weight is 299 g/mol. The maximum Gasteiger partial charge on any atom is 0.233 e. The van der Waals surface area contributed by atoms with Crippen molar-refractivity contribution in [3.63, 3.8) is 0 Å². The molecular formula is C8H9BrClNO2S. The molecule has 14 heavy (non-hydrogen) atoms. The molecule has 0 bridgehead atoms. The van der Waals surface area contributed by atoms with Crippen molar-refractivity contribution in [1.29, 1.82) is 0 Å². The Morgan fingerprint density at radius 3 is 2.57 bits per heavy atom. The SMILES string of the molecule is O=S(=O)(CCCl)Nc1ccccc1Br. The minimum atomic E-state index is -3.32. The molecule has 0 amide bonds. The molecule has 3 nitrogen and oxygen atoms in total. The van der Waals surface area contributed by atoms with Gasteiger partial charge >= 0.3 is 0 Å². The topological polar surface area (TPSA) is 46.2 Å². The molecule has 0 heterocycles. The van der Waals surface area contributed by atoms with E-state index in [0.717, 1.165) is 0 Å². The zero-order chi connectivity index (χ0) is 10.6. The first-order valence-electron chi connectivity index (χ1n) is 3.86. The summed E-state index contributed by atoms with van der Waals surface area (Å²) in [4.78, 5) is 0. The van der Waals surface area contributed by atoms with Gasteiger partial charge in [0.05, 0.1) is 11.4 Å². The highest BCUT2D eigenvalue weighted by molar-refractivity contribution is 9.10. The maximum absolute atomic E-state index is 11.3. The Bertz CT molecular complexity index is 408. The fourth-order valence-corrected chi connectivity index (χ4v) is 2.81. The third kappa shape index (κ3) is 3.48. The van der Waals surface area contributed by atoms with Crippen molar-refractivity contribution >= 4 is 43.2 Å². The largest absolute Gasteiger partial charge is 0.282 e. The van der Waals surface area contributed by atoms with Gasteiger partial charge in [-0.1, -0.05) is 12.1 Å². The smallest absolute Gasteiger partial charge is 0.233 e. The van der Waals surface area contributed by atoms with Gasteiger partial charge in [0.2, 0.25) is 10.0 Å². The van der Waals surface area contributed by atoms with E-state index in [0.29, 0.717) is 10.2 Å². The zero-order valence-electron chi connectivity index (χ0n) is 7.20. The predicted molar refractivity (Wildman–Crippen MR) is 62.3 cm³/mol. The number of benzene rings is 1. The van der Waals surface area contributed by atoms with Crippen LogP contribution >= 0.6 is 27.5 Å². The highest BCUT2D eigenvalue weighted by atomic mass is 79.9. The number of anilines is 1. The van der Waals surface area contributed by atoms with Crippen LogP contribution in [0, 0.1) is 0 Å². The first-order chi connectivity index (χ1) is 6.55. The Labute approximate surface area is 96.6 Å². The van der Waals surface area contributed by atoms with E-state index in [-0.39, 0.29) is 11.6 Å². The molecule has 1 N–H and O–H groups in total. The summed E-state index contributed by atoms with van der Waals surface area (Å²) in [5, 5.41) is 0. The number of hydrogen-bond donors (Lipinski definition) is 1. The predicted octanol–water partition coefficient (Wildman–Crippen LogP) is 2.43. The van der Waals surface area contributed by atoms with Crippen LogP contribution in [-0.2, 0) is 10.0 Å². The Morgan fingerprint density at radius 1 is 1.36 bits per heavy atom. The lowest BCUT2D eigenvalue weighted by molar-refractivity contribution is 0.602. The van der Waals surface area contributed by atoms with Crippen LogP contribution in [0.1, 0.15) is 0 Å². The summed E-state index contributed by atoms with van der Waals surface area (Å²) in [5.74, 6) is -0.00429. The molecule has 0 unspecified atom stereocenters. The monoisotopic (exact) mass is 297 g/mol. The summed E-state index contributed by atoms with van der Waals surface area (Å²) < 4.78 is 25.8. The van der Waals surface area contributed by atoms with E-state index in [1.54, 1.807) is 18.2 Å². The highest BCUT2D eigenvalue weighted by Gasteiger charge is 2.10. The summed E-state index contributed by atoms with van der Waals surface area (Å²) in [6, 6.07) is 7.00. The molecule has 0 radical (unpaired) electrons. The Balaban J connectivity index is 2.84. The van der Waals surface area contributed by atoms with Crippen LogP contribution in [0.3, 0.4) is 0 Å². The van der Waals surface area contributed by atoms with Crippen molar-refractivity contribution < 1.29 is 8.42 Å². The fraction of sp³-hybridized carbons (Fsp3) is 0.250. The van der Waals surface area contributed by atoms with E-state index in [2.05, 4.69) is 20.7 Å². The molecule has 1 rings (SSSR count). The molecule has 0 spiro atoms. The molecule has 0 aliphatic rings. The summed E-state index contributed by atoms with van der Waals surface area (Å²) in [7, 11) is -3.32. The van der Waals surface area contributed by atoms with Gasteiger partial charge in [-0.05, 0) is 28.1 Å². The molecule has 1 aromatic rings. The number of hydrogen-bond acceptors (Lipinski definition) is 2. The summed E-state index contributed by atoms with van der Waals surface area (Å²) in [5.41, 5.74) is 0.526. The van der Waals surface area contributed by atoms with Gasteiger partial charge in [-0.15, -0.1) is 11.6 Å². The number of sulfonamides is 1. The van der Waals surface area contributed by atoms with Gasteiger partial charge in [0, 0.05) is 10.4 Å². The van der Waals surface area contributed by atoms with Gasteiger partial charge in [-0.3, -0.25) is 4.72 Å². The second-order valence-corrected chi connectivity index (χ2v) is 5.66. The number of nitrogens with one attached hydrogen (secondary N) is 1.